The second kappa shape index (κ2) is 8.80. The summed E-state index contributed by atoms with van der Waals surface area (Å²) in [5.74, 6) is 0.335. The average Bonchev–Trinajstić information content (AvgIpc) is 2.96. The lowest BCUT2D eigenvalue weighted by molar-refractivity contribution is 0.344. The van der Waals surface area contributed by atoms with Gasteiger partial charge in [0.05, 0.1) is 12.7 Å². The van der Waals surface area contributed by atoms with E-state index < -0.39 is 15.6 Å². The third kappa shape index (κ3) is 6.11. The fourth-order valence-electron chi connectivity index (χ4n) is 2.79. The van der Waals surface area contributed by atoms with Crippen molar-refractivity contribution in [2.45, 2.75) is 44.2 Å². The molecule has 0 spiro atoms. The fraction of sp³-hybridized carbons (Fsp3) is 0.471. The normalized spacial score (nSPS) is 14.1. The zero-order valence-electron chi connectivity index (χ0n) is 14.8. The van der Waals surface area contributed by atoms with Crippen molar-refractivity contribution in [3.63, 3.8) is 0 Å². The van der Waals surface area contributed by atoms with Crippen LogP contribution in [0.3, 0.4) is 0 Å². The lowest BCUT2D eigenvalue weighted by Gasteiger charge is -2.30. The minimum atomic E-state index is -3.66. The summed E-state index contributed by atoms with van der Waals surface area (Å²) in [6, 6.07) is 9.77. The van der Waals surface area contributed by atoms with Crippen LogP contribution in [0.25, 0.3) is 0 Å². The molecule has 0 fully saturated rings. The van der Waals surface area contributed by atoms with Crippen LogP contribution in [0.5, 0.6) is 0 Å². The summed E-state index contributed by atoms with van der Waals surface area (Å²) in [5.41, 5.74) is 6.19. The van der Waals surface area contributed by atoms with Gasteiger partial charge in [0.15, 0.2) is 0 Å². The van der Waals surface area contributed by atoms with Gasteiger partial charge < -0.3 is 5.73 Å². The number of halogens is 1. The maximum Gasteiger partial charge on any atom is 0.244 e. The molecule has 25 heavy (non-hydrogen) atoms. The number of aromatic nitrogens is 2. The molecule has 0 aliphatic rings. The van der Waals surface area contributed by atoms with Gasteiger partial charge in [0.2, 0.25) is 10.0 Å². The summed E-state index contributed by atoms with van der Waals surface area (Å²) in [4.78, 5) is 0.155. The molecule has 2 rings (SSSR count). The molecule has 0 amide bonds. The Morgan fingerprint density at radius 1 is 1.28 bits per heavy atom. The Labute approximate surface area is 156 Å². The van der Waals surface area contributed by atoms with E-state index in [9.17, 15) is 8.42 Å². The van der Waals surface area contributed by atoms with E-state index >= 15 is 0 Å². The van der Waals surface area contributed by atoms with Crippen molar-refractivity contribution in [3.8, 4) is 0 Å². The van der Waals surface area contributed by atoms with Crippen LogP contribution in [0.1, 0.15) is 32.8 Å². The largest absolute Gasteiger partial charge is 0.329 e. The van der Waals surface area contributed by atoms with Gasteiger partial charge in [-0.15, -0.1) is 12.4 Å². The van der Waals surface area contributed by atoms with E-state index in [1.807, 2.05) is 51.1 Å². The van der Waals surface area contributed by atoms with Crippen molar-refractivity contribution in [1.82, 2.24) is 14.5 Å². The zero-order valence-corrected chi connectivity index (χ0v) is 16.5. The summed E-state index contributed by atoms with van der Waals surface area (Å²) in [7, 11) is -3.66. The number of nitrogens with two attached hydrogens (primary N) is 1. The van der Waals surface area contributed by atoms with E-state index in [4.69, 9.17) is 5.73 Å². The number of rotatable bonds is 8. The van der Waals surface area contributed by atoms with Crippen LogP contribution < -0.4 is 10.5 Å². The van der Waals surface area contributed by atoms with Crippen molar-refractivity contribution < 1.29 is 8.42 Å². The van der Waals surface area contributed by atoms with Gasteiger partial charge in [0.1, 0.15) is 4.90 Å². The van der Waals surface area contributed by atoms with Crippen LogP contribution in [0.4, 0.5) is 0 Å². The molecule has 1 unspecified atom stereocenters. The molecule has 0 bridgehead atoms. The smallest absolute Gasteiger partial charge is 0.244 e. The van der Waals surface area contributed by atoms with E-state index in [1.165, 1.54) is 6.20 Å². The monoisotopic (exact) mass is 386 g/mol. The highest BCUT2D eigenvalue weighted by molar-refractivity contribution is 7.89. The predicted octanol–water partition coefficient (Wildman–Crippen LogP) is 2.40. The molecular formula is C17H27ClN4O2S. The van der Waals surface area contributed by atoms with Crippen molar-refractivity contribution in [3.05, 3.63) is 48.3 Å². The van der Waals surface area contributed by atoms with Gasteiger partial charge in [0.25, 0.3) is 0 Å². The highest BCUT2D eigenvalue weighted by atomic mass is 35.5. The molecule has 1 atom stereocenters. The van der Waals surface area contributed by atoms with Crippen LogP contribution in [0.15, 0.2) is 47.6 Å². The molecule has 0 saturated heterocycles. The van der Waals surface area contributed by atoms with E-state index in [1.54, 1.807) is 10.9 Å². The molecule has 8 heteroatoms. The molecule has 0 radical (unpaired) electrons. The lowest BCUT2D eigenvalue weighted by Crippen LogP contribution is -2.51. The minimum Gasteiger partial charge on any atom is -0.329 e. The molecule has 140 valence electrons. The van der Waals surface area contributed by atoms with Crippen LogP contribution in [-0.2, 0) is 16.6 Å². The summed E-state index contributed by atoms with van der Waals surface area (Å²) < 4.78 is 29.6. The summed E-state index contributed by atoms with van der Waals surface area (Å²) in [5, 5.41) is 4.16. The number of benzene rings is 1. The van der Waals surface area contributed by atoms with Crippen molar-refractivity contribution in [2.24, 2.45) is 11.7 Å². The van der Waals surface area contributed by atoms with Gasteiger partial charge in [-0.1, -0.05) is 44.2 Å². The highest BCUT2D eigenvalue weighted by Gasteiger charge is 2.30. The average molecular weight is 387 g/mol. The second-order valence-corrected chi connectivity index (χ2v) is 8.51. The molecule has 0 saturated carbocycles. The van der Waals surface area contributed by atoms with E-state index in [-0.39, 0.29) is 23.8 Å². The quantitative estimate of drug-likeness (QED) is 0.728. The lowest BCUT2D eigenvalue weighted by atomic mass is 9.92. The van der Waals surface area contributed by atoms with Crippen molar-refractivity contribution >= 4 is 22.4 Å². The van der Waals surface area contributed by atoms with Gasteiger partial charge in [-0.25, -0.2) is 13.1 Å². The standard InChI is InChI=1S/C17H26N4O2S.ClH/c1-14(2)9-17(3,13-18)20-24(22,23)16-10-19-21(12-16)11-15-7-5-4-6-8-15;/h4-8,10,12,14,20H,9,11,13,18H2,1-3H3;1H. The summed E-state index contributed by atoms with van der Waals surface area (Å²) >= 11 is 0. The SMILES string of the molecule is CC(C)CC(C)(CN)NS(=O)(=O)c1cnn(Cc2ccccc2)c1.Cl. The van der Waals surface area contributed by atoms with Crippen LogP contribution >= 0.6 is 12.4 Å². The van der Waals surface area contributed by atoms with Gasteiger partial charge in [-0.05, 0) is 24.8 Å². The van der Waals surface area contributed by atoms with Crippen molar-refractivity contribution in [1.29, 1.82) is 0 Å². The van der Waals surface area contributed by atoms with Crippen LogP contribution in [0, 0.1) is 5.92 Å². The van der Waals surface area contributed by atoms with E-state index in [0.29, 0.717) is 18.9 Å². The Morgan fingerprint density at radius 2 is 1.92 bits per heavy atom. The van der Waals surface area contributed by atoms with E-state index in [2.05, 4.69) is 9.82 Å². The van der Waals surface area contributed by atoms with Crippen LogP contribution in [0.2, 0.25) is 0 Å². The first-order chi connectivity index (χ1) is 11.2. The van der Waals surface area contributed by atoms with Gasteiger partial charge in [-0.2, -0.15) is 5.10 Å². The Hall–Kier alpha value is -1.41. The third-order valence-electron chi connectivity index (χ3n) is 3.80. The van der Waals surface area contributed by atoms with Crippen molar-refractivity contribution in [2.75, 3.05) is 6.54 Å². The van der Waals surface area contributed by atoms with Gasteiger partial charge in [-0.3, -0.25) is 4.68 Å². The molecule has 0 aliphatic heterocycles. The van der Waals surface area contributed by atoms with Gasteiger partial charge in [0, 0.05) is 18.3 Å². The molecule has 1 heterocycles. The molecule has 3 N–H and O–H groups in total. The third-order valence-corrected chi connectivity index (χ3v) is 5.39. The number of sulfonamides is 1. The zero-order chi connectivity index (χ0) is 17.8. The molecule has 1 aromatic carbocycles. The topological polar surface area (TPSA) is 90.0 Å². The molecular weight excluding hydrogens is 360 g/mol. The maximum atomic E-state index is 12.6. The fourth-order valence-corrected chi connectivity index (χ4v) is 4.17. The Balaban J connectivity index is 0.00000312. The predicted molar refractivity (Wildman–Crippen MR) is 102 cm³/mol. The second-order valence-electron chi connectivity index (χ2n) is 6.83. The minimum absolute atomic E-state index is 0. The number of hydrogen-bond donors (Lipinski definition) is 2. The molecule has 0 aliphatic carbocycles. The first-order valence-electron chi connectivity index (χ1n) is 8.04. The number of hydrogen-bond acceptors (Lipinski definition) is 4. The Morgan fingerprint density at radius 3 is 2.48 bits per heavy atom. The Kier molecular flexibility index (Phi) is 7.62. The number of nitrogens with zero attached hydrogens (tertiary/aromatic N) is 2. The number of nitrogens with one attached hydrogen (secondary N) is 1. The highest BCUT2D eigenvalue weighted by Crippen LogP contribution is 2.19. The Bertz CT molecular complexity index is 762. The van der Waals surface area contributed by atoms with E-state index in [0.717, 1.165) is 5.56 Å². The first-order valence-corrected chi connectivity index (χ1v) is 9.53. The molecule has 6 nitrogen and oxygen atoms in total. The summed E-state index contributed by atoms with van der Waals surface area (Å²) in [6.07, 6.45) is 3.58. The summed E-state index contributed by atoms with van der Waals surface area (Å²) in [6.45, 7) is 6.68. The first kappa shape index (κ1) is 21.6. The van der Waals surface area contributed by atoms with Gasteiger partial charge >= 0.3 is 0 Å². The maximum absolute atomic E-state index is 12.6. The molecule has 1 aromatic heterocycles. The molecule has 2 aromatic rings. The van der Waals surface area contributed by atoms with Crippen LogP contribution in [-0.4, -0.2) is 30.3 Å².